The molecule has 0 saturated carbocycles. The zero-order chi connectivity index (χ0) is 10.3. The number of nitrogens with one attached hydrogen (secondary N) is 1. The van der Waals surface area contributed by atoms with Crippen LogP contribution in [0.4, 0.5) is 4.39 Å². The number of halogens is 3. The van der Waals surface area contributed by atoms with Gasteiger partial charge in [-0.05, 0) is 12.1 Å². The van der Waals surface area contributed by atoms with Gasteiger partial charge in [0.25, 0.3) is 0 Å². The van der Waals surface area contributed by atoms with Crippen LogP contribution in [-0.2, 0) is 0 Å². The largest absolute Gasteiger partial charge is 0.322 e. The topological polar surface area (TPSA) is 32.9 Å². The molecule has 1 aromatic heterocycles. The van der Waals surface area contributed by atoms with Crippen molar-refractivity contribution in [2.24, 2.45) is 0 Å². The average molecular weight is 232 g/mol. The number of hydrogen-bond donors (Lipinski definition) is 1. The van der Waals surface area contributed by atoms with E-state index in [0.717, 1.165) is 0 Å². The van der Waals surface area contributed by atoms with Crippen LogP contribution in [0.3, 0.4) is 0 Å². The van der Waals surface area contributed by atoms with Crippen LogP contribution in [0.25, 0.3) is 10.9 Å². The zero-order valence-corrected chi connectivity index (χ0v) is 8.29. The number of benzene rings is 1. The Morgan fingerprint density at radius 1 is 1.29 bits per heavy atom. The van der Waals surface area contributed by atoms with Gasteiger partial charge in [-0.3, -0.25) is 4.79 Å². The Kier molecular flexibility index (Phi) is 2.21. The Hall–Kier alpha value is -1.06. The molecule has 1 N–H and O–H groups in total. The molecule has 0 aliphatic heterocycles. The normalized spacial score (nSPS) is 10.8. The van der Waals surface area contributed by atoms with Crippen molar-refractivity contribution in [1.82, 2.24) is 4.98 Å². The monoisotopic (exact) mass is 231 g/mol. The number of fused-ring (bicyclic) bond motifs is 1. The van der Waals surface area contributed by atoms with Crippen LogP contribution in [0.2, 0.25) is 10.0 Å². The molecule has 0 radical (unpaired) electrons. The van der Waals surface area contributed by atoms with Crippen molar-refractivity contribution in [3.63, 3.8) is 0 Å². The molecule has 2 aromatic rings. The molecule has 0 amide bonds. The summed E-state index contributed by atoms with van der Waals surface area (Å²) >= 11 is 11.3. The van der Waals surface area contributed by atoms with E-state index in [1.807, 2.05) is 0 Å². The third kappa shape index (κ3) is 1.38. The van der Waals surface area contributed by atoms with Crippen LogP contribution in [0.5, 0.6) is 0 Å². The van der Waals surface area contributed by atoms with Crippen molar-refractivity contribution < 1.29 is 4.39 Å². The molecule has 72 valence electrons. The molecule has 0 fully saturated rings. The van der Waals surface area contributed by atoms with Crippen LogP contribution in [0.1, 0.15) is 0 Å². The molecule has 2 rings (SSSR count). The first-order valence-electron chi connectivity index (χ1n) is 3.76. The minimum atomic E-state index is -0.673. The second-order valence-electron chi connectivity index (χ2n) is 2.77. The highest BCUT2D eigenvalue weighted by Gasteiger charge is 2.10. The fraction of sp³-hybridized carbons (Fsp3) is 0. The average Bonchev–Trinajstić information content (AvgIpc) is 2.14. The Balaban J connectivity index is 2.98. The maximum Gasteiger partial charge on any atom is 0.248 e. The second kappa shape index (κ2) is 3.26. The summed E-state index contributed by atoms with van der Waals surface area (Å²) in [6.07, 6.45) is 0. The third-order valence-electron chi connectivity index (χ3n) is 1.86. The summed E-state index contributed by atoms with van der Waals surface area (Å²) in [6.45, 7) is 0. The van der Waals surface area contributed by atoms with E-state index in [0.29, 0.717) is 10.9 Å². The molecule has 0 aliphatic rings. The van der Waals surface area contributed by atoms with Gasteiger partial charge in [-0.25, -0.2) is 4.39 Å². The van der Waals surface area contributed by atoms with E-state index >= 15 is 0 Å². The van der Waals surface area contributed by atoms with Gasteiger partial charge in [-0.15, -0.1) is 0 Å². The standard InChI is InChI=1S/C9H4Cl2FNO/c10-5-3-6-4(8(11)9(5)12)1-2-7(14)13-6/h1-3H,(H,13,14). The first-order chi connectivity index (χ1) is 6.59. The maximum absolute atomic E-state index is 13.2. The summed E-state index contributed by atoms with van der Waals surface area (Å²) in [4.78, 5) is 13.5. The lowest BCUT2D eigenvalue weighted by atomic mass is 10.2. The van der Waals surface area contributed by atoms with Gasteiger partial charge in [-0.2, -0.15) is 0 Å². The van der Waals surface area contributed by atoms with Crippen molar-refractivity contribution in [2.45, 2.75) is 0 Å². The molecule has 0 spiro atoms. The summed E-state index contributed by atoms with van der Waals surface area (Å²) in [5.41, 5.74) is 0.144. The summed E-state index contributed by atoms with van der Waals surface area (Å²) in [6, 6.07) is 4.07. The molecule has 0 aliphatic carbocycles. The van der Waals surface area contributed by atoms with E-state index in [1.54, 1.807) is 0 Å². The van der Waals surface area contributed by atoms with Crippen LogP contribution in [-0.4, -0.2) is 4.98 Å². The first-order valence-corrected chi connectivity index (χ1v) is 4.52. The summed E-state index contributed by atoms with van der Waals surface area (Å²) < 4.78 is 13.2. The lowest BCUT2D eigenvalue weighted by molar-refractivity contribution is 0.630. The summed E-state index contributed by atoms with van der Waals surface area (Å²) in [7, 11) is 0. The van der Waals surface area contributed by atoms with Crippen LogP contribution < -0.4 is 5.56 Å². The molecule has 0 bridgehead atoms. The Bertz CT molecular complexity index is 564. The van der Waals surface area contributed by atoms with E-state index in [9.17, 15) is 9.18 Å². The van der Waals surface area contributed by atoms with E-state index in [1.165, 1.54) is 18.2 Å². The van der Waals surface area contributed by atoms with Crippen LogP contribution in [0, 0.1) is 5.82 Å². The maximum atomic E-state index is 13.2. The fourth-order valence-electron chi connectivity index (χ4n) is 1.21. The Labute approximate surface area is 88.3 Å². The van der Waals surface area contributed by atoms with Gasteiger partial charge < -0.3 is 4.98 Å². The minimum absolute atomic E-state index is 0.0799. The number of hydrogen-bond acceptors (Lipinski definition) is 1. The van der Waals surface area contributed by atoms with Gasteiger partial charge >= 0.3 is 0 Å². The fourth-order valence-corrected chi connectivity index (χ4v) is 1.73. The molecule has 1 heterocycles. The van der Waals surface area contributed by atoms with Crippen molar-refractivity contribution in [3.05, 3.63) is 44.4 Å². The van der Waals surface area contributed by atoms with E-state index in [2.05, 4.69) is 4.98 Å². The van der Waals surface area contributed by atoms with E-state index < -0.39 is 5.82 Å². The molecule has 0 saturated heterocycles. The highest BCUT2D eigenvalue weighted by molar-refractivity contribution is 6.38. The number of H-pyrrole nitrogens is 1. The third-order valence-corrected chi connectivity index (χ3v) is 2.50. The van der Waals surface area contributed by atoms with Crippen molar-refractivity contribution in [1.29, 1.82) is 0 Å². The van der Waals surface area contributed by atoms with Gasteiger partial charge in [0.05, 0.1) is 15.6 Å². The van der Waals surface area contributed by atoms with Gasteiger partial charge in [0.2, 0.25) is 5.56 Å². The van der Waals surface area contributed by atoms with Gasteiger partial charge in [-0.1, -0.05) is 23.2 Å². The second-order valence-corrected chi connectivity index (χ2v) is 3.56. The van der Waals surface area contributed by atoms with Gasteiger partial charge in [0, 0.05) is 11.5 Å². The van der Waals surface area contributed by atoms with Crippen molar-refractivity contribution in [2.75, 3.05) is 0 Å². The zero-order valence-electron chi connectivity index (χ0n) is 6.77. The summed E-state index contributed by atoms with van der Waals surface area (Å²) in [5.74, 6) is -0.673. The number of rotatable bonds is 0. The van der Waals surface area contributed by atoms with Crippen LogP contribution >= 0.6 is 23.2 Å². The lowest BCUT2D eigenvalue weighted by Gasteiger charge is -2.02. The molecule has 1 aromatic carbocycles. The molecular formula is C9H4Cl2FNO. The van der Waals surface area contributed by atoms with E-state index in [4.69, 9.17) is 23.2 Å². The quantitative estimate of drug-likeness (QED) is 0.696. The predicted molar refractivity (Wildman–Crippen MR) is 54.5 cm³/mol. The molecular weight excluding hydrogens is 228 g/mol. The molecule has 5 heteroatoms. The Morgan fingerprint density at radius 2 is 2.00 bits per heavy atom. The highest BCUT2D eigenvalue weighted by Crippen LogP contribution is 2.29. The highest BCUT2D eigenvalue weighted by atomic mass is 35.5. The minimum Gasteiger partial charge on any atom is -0.322 e. The molecule has 14 heavy (non-hydrogen) atoms. The number of pyridine rings is 1. The van der Waals surface area contributed by atoms with Gasteiger partial charge in [0.1, 0.15) is 0 Å². The molecule has 0 unspecified atom stereocenters. The predicted octanol–water partition coefficient (Wildman–Crippen LogP) is 2.97. The lowest BCUT2D eigenvalue weighted by Crippen LogP contribution is -2.02. The van der Waals surface area contributed by atoms with Crippen molar-refractivity contribution >= 4 is 34.1 Å². The van der Waals surface area contributed by atoms with Gasteiger partial charge in [0.15, 0.2) is 5.82 Å². The molecule has 0 atom stereocenters. The number of aromatic nitrogens is 1. The van der Waals surface area contributed by atoms with E-state index in [-0.39, 0.29) is 15.6 Å². The van der Waals surface area contributed by atoms with Crippen LogP contribution in [0.15, 0.2) is 23.0 Å². The SMILES string of the molecule is O=c1ccc2c(Cl)c(F)c(Cl)cc2[nH]1. The Morgan fingerprint density at radius 3 is 2.71 bits per heavy atom. The summed E-state index contributed by atoms with van der Waals surface area (Å²) in [5, 5.41) is 0.251. The van der Waals surface area contributed by atoms with Crippen molar-refractivity contribution in [3.8, 4) is 0 Å². The first kappa shape index (κ1) is 9.49. The number of aromatic amines is 1. The molecule has 2 nitrogen and oxygen atoms in total. The smallest absolute Gasteiger partial charge is 0.248 e.